The van der Waals surface area contributed by atoms with E-state index < -0.39 is 59.9 Å². The Labute approximate surface area is 158 Å². The molecule has 1 N–H and O–H groups in total. The van der Waals surface area contributed by atoms with E-state index in [0.29, 0.717) is 6.20 Å². The second-order valence-corrected chi connectivity index (χ2v) is 7.57. The van der Waals surface area contributed by atoms with E-state index in [0.717, 1.165) is 4.90 Å². The van der Waals surface area contributed by atoms with Crippen LogP contribution in [0, 0.1) is 5.82 Å². The molecule has 1 aliphatic heterocycles. The van der Waals surface area contributed by atoms with E-state index in [1.54, 1.807) is 20.8 Å². The number of piperidine rings is 1. The van der Waals surface area contributed by atoms with E-state index in [1.807, 2.05) is 0 Å². The summed E-state index contributed by atoms with van der Waals surface area (Å²) in [5, 5.41) is 2.41. The van der Waals surface area contributed by atoms with Crippen LogP contribution in [0.1, 0.15) is 39.2 Å². The van der Waals surface area contributed by atoms with Crippen LogP contribution in [-0.2, 0) is 10.9 Å². The van der Waals surface area contributed by atoms with Crippen LogP contribution in [0.3, 0.4) is 0 Å². The van der Waals surface area contributed by atoms with Crippen LogP contribution in [-0.4, -0.2) is 46.6 Å². The third kappa shape index (κ3) is 5.90. The molecule has 1 atom stereocenters. The van der Waals surface area contributed by atoms with Crippen LogP contribution in [0.5, 0.6) is 0 Å². The highest BCUT2D eigenvalue weighted by atomic mass is 19.4. The van der Waals surface area contributed by atoms with Crippen molar-refractivity contribution in [2.75, 3.05) is 18.4 Å². The molecule has 1 aromatic heterocycles. The Morgan fingerprint density at radius 1 is 1.36 bits per heavy atom. The number of nitrogens with zero attached hydrogens (tertiary/aromatic N) is 2. The van der Waals surface area contributed by atoms with Crippen molar-refractivity contribution in [1.29, 1.82) is 0 Å². The zero-order chi connectivity index (χ0) is 21.3. The Kier molecular flexibility index (Phi) is 6.05. The summed E-state index contributed by atoms with van der Waals surface area (Å²) in [4.78, 5) is 16.8. The maximum Gasteiger partial charge on any atom is 0.417 e. The second kappa shape index (κ2) is 7.67. The van der Waals surface area contributed by atoms with Gasteiger partial charge in [-0.25, -0.2) is 22.9 Å². The minimum Gasteiger partial charge on any atom is -0.444 e. The molecule has 0 saturated carbocycles. The number of amides is 1. The Bertz CT molecular complexity index is 718. The van der Waals surface area contributed by atoms with Crippen molar-refractivity contribution in [2.45, 2.75) is 57.4 Å². The average Bonchev–Trinajstić information content (AvgIpc) is 2.50. The molecule has 0 aliphatic carbocycles. The molecule has 28 heavy (non-hydrogen) atoms. The van der Waals surface area contributed by atoms with Crippen LogP contribution in [0.2, 0.25) is 0 Å². The molecule has 1 saturated heterocycles. The molecule has 1 fully saturated rings. The number of carbonyl (C=O) groups excluding carboxylic acids is 1. The molecule has 0 aromatic carbocycles. The maximum absolute atomic E-state index is 13.9. The lowest BCUT2D eigenvalue weighted by molar-refractivity contribution is -0.138. The Morgan fingerprint density at radius 3 is 2.54 bits per heavy atom. The summed E-state index contributed by atoms with van der Waals surface area (Å²) in [7, 11) is 0. The van der Waals surface area contributed by atoms with Gasteiger partial charge in [0.05, 0.1) is 11.6 Å². The quantitative estimate of drug-likeness (QED) is 0.731. The van der Waals surface area contributed by atoms with Crippen LogP contribution in [0.4, 0.5) is 37.0 Å². The minimum absolute atomic E-state index is 0.260. The molecule has 2 heterocycles. The van der Waals surface area contributed by atoms with E-state index in [1.165, 1.54) is 0 Å². The number of pyridine rings is 1. The Morgan fingerprint density at radius 2 is 2.00 bits per heavy atom. The zero-order valence-electron chi connectivity index (χ0n) is 15.5. The minimum atomic E-state index is -4.76. The summed E-state index contributed by atoms with van der Waals surface area (Å²) in [5.41, 5.74) is -2.11. The summed E-state index contributed by atoms with van der Waals surface area (Å²) < 4.78 is 84.4. The predicted octanol–water partition coefficient (Wildman–Crippen LogP) is 4.69. The van der Waals surface area contributed by atoms with E-state index >= 15 is 0 Å². The van der Waals surface area contributed by atoms with Crippen molar-refractivity contribution in [1.82, 2.24) is 9.88 Å². The topological polar surface area (TPSA) is 54.5 Å². The molecular formula is C17H21F6N3O2. The lowest BCUT2D eigenvalue weighted by atomic mass is 9.98. The molecule has 5 nitrogen and oxygen atoms in total. The van der Waals surface area contributed by atoms with Gasteiger partial charge in [-0.3, -0.25) is 0 Å². The fourth-order valence-electron chi connectivity index (χ4n) is 2.70. The first-order valence-electron chi connectivity index (χ1n) is 8.52. The van der Waals surface area contributed by atoms with Gasteiger partial charge in [0.15, 0.2) is 11.6 Å². The van der Waals surface area contributed by atoms with Crippen LogP contribution < -0.4 is 5.32 Å². The van der Waals surface area contributed by atoms with Crippen LogP contribution in [0.15, 0.2) is 12.3 Å². The van der Waals surface area contributed by atoms with Gasteiger partial charge in [-0.15, -0.1) is 0 Å². The van der Waals surface area contributed by atoms with Gasteiger partial charge in [-0.05, 0) is 26.8 Å². The maximum atomic E-state index is 13.9. The van der Waals surface area contributed by atoms with Crippen molar-refractivity contribution in [2.24, 2.45) is 0 Å². The third-order valence-corrected chi connectivity index (χ3v) is 4.00. The largest absolute Gasteiger partial charge is 0.444 e. The number of aromatic nitrogens is 1. The number of hydrogen-bond donors (Lipinski definition) is 1. The standard InChI is InChI=1S/C17H21F6N3O2/c1-15(2,3)28-14(27)26-5-4-16(19,20)7-11(26)9-25-13-12(18)6-10(8-24-13)17(21,22)23/h6,8,11H,4-5,7,9H2,1-3H3,(H,24,25). The predicted molar refractivity (Wildman–Crippen MR) is 88.6 cm³/mol. The number of hydrogen-bond acceptors (Lipinski definition) is 4. The van der Waals surface area contributed by atoms with Crippen molar-refractivity contribution in [3.05, 3.63) is 23.6 Å². The number of ether oxygens (including phenoxy) is 1. The molecule has 11 heteroatoms. The average molecular weight is 413 g/mol. The molecule has 0 radical (unpaired) electrons. The van der Waals surface area contributed by atoms with Gasteiger partial charge in [0.1, 0.15) is 5.60 Å². The molecule has 158 valence electrons. The SMILES string of the molecule is CC(C)(C)OC(=O)N1CCC(F)(F)CC1CNc1ncc(C(F)(F)F)cc1F. The van der Waals surface area contributed by atoms with E-state index in [-0.39, 0.29) is 19.2 Å². The van der Waals surface area contributed by atoms with Gasteiger partial charge < -0.3 is 15.0 Å². The number of halogens is 6. The normalized spacial score (nSPS) is 20.0. The summed E-state index contributed by atoms with van der Waals surface area (Å²) in [6, 6.07) is -0.793. The first-order chi connectivity index (χ1) is 12.7. The van der Waals surface area contributed by atoms with Crippen molar-refractivity contribution >= 4 is 11.9 Å². The molecule has 1 amide bonds. The van der Waals surface area contributed by atoms with Gasteiger partial charge in [0.25, 0.3) is 5.92 Å². The first kappa shape index (κ1) is 22.1. The van der Waals surface area contributed by atoms with Gasteiger partial charge in [-0.2, -0.15) is 13.2 Å². The van der Waals surface area contributed by atoms with Crippen LogP contribution in [0.25, 0.3) is 0 Å². The molecule has 0 bridgehead atoms. The number of likely N-dealkylation sites (tertiary alicyclic amines) is 1. The van der Waals surface area contributed by atoms with Crippen molar-refractivity contribution < 1.29 is 35.9 Å². The monoisotopic (exact) mass is 413 g/mol. The summed E-state index contributed by atoms with van der Waals surface area (Å²) >= 11 is 0. The number of alkyl halides is 5. The summed E-state index contributed by atoms with van der Waals surface area (Å²) in [6.07, 6.45) is -6.36. The van der Waals surface area contributed by atoms with E-state index in [2.05, 4.69) is 10.3 Å². The number of anilines is 1. The summed E-state index contributed by atoms with van der Waals surface area (Å²) in [6.45, 7) is 4.27. The first-order valence-corrected chi connectivity index (χ1v) is 8.52. The smallest absolute Gasteiger partial charge is 0.417 e. The van der Waals surface area contributed by atoms with Gasteiger partial charge >= 0.3 is 12.3 Å². The third-order valence-electron chi connectivity index (χ3n) is 4.00. The highest BCUT2D eigenvalue weighted by Crippen LogP contribution is 2.33. The van der Waals surface area contributed by atoms with E-state index in [4.69, 9.17) is 4.74 Å². The highest BCUT2D eigenvalue weighted by molar-refractivity contribution is 5.69. The highest BCUT2D eigenvalue weighted by Gasteiger charge is 2.43. The summed E-state index contributed by atoms with van der Waals surface area (Å²) in [5.74, 6) is -4.83. The van der Waals surface area contributed by atoms with Gasteiger partial charge in [0.2, 0.25) is 0 Å². The molecule has 1 aliphatic rings. The second-order valence-electron chi connectivity index (χ2n) is 7.57. The molecule has 0 spiro atoms. The number of rotatable bonds is 3. The molecule has 1 aromatic rings. The zero-order valence-corrected chi connectivity index (χ0v) is 15.5. The van der Waals surface area contributed by atoms with Crippen molar-refractivity contribution in [3.63, 3.8) is 0 Å². The lowest BCUT2D eigenvalue weighted by Gasteiger charge is -2.39. The van der Waals surface area contributed by atoms with Crippen LogP contribution >= 0.6 is 0 Å². The number of carbonyl (C=O) groups is 1. The Balaban J connectivity index is 2.13. The fraction of sp³-hybridized carbons (Fsp3) is 0.647. The van der Waals surface area contributed by atoms with Gasteiger partial charge in [-0.1, -0.05) is 0 Å². The molecular weight excluding hydrogens is 392 g/mol. The molecule has 1 unspecified atom stereocenters. The molecule has 2 rings (SSSR count). The lowest BCUT2D eigenvalue weighted by Crippen LogP contribution is -2.53. The van der Waals surface area contributed by atoms with E-state index in [9.17, 15) is 31.1 Å². The Hall–Kier alpha value is -2.20. The van der Waals surface area contributed by atoms with Gasteiger partial charge in [0, 0.05) is 32.1 Å². The van der Waals surface area contributed by atoms with Crippen molar-refractivity contribution in [3.8, 4) is 0 Å². The fourth-order valence-corrected chi connectivity index (χ4v) is 2.70. The number of nitrogens with one attached hydrogen (secondary N) is 1.